The fraction of sp³-hybridized carbons (Fsp3) is 0.381. The number of rotatable bonds is 6. The molecule has 0 bridgehead atoms. The van der Waals surface area contributed by atoms with Crippen molar-refractivity contribution in [2.24, 2.45) is 0 Å². The highest BCUT2D eigenvalue weighted by Gasteiger charge is 2.31. The summed E-state index contributed by atoms with van der Waals surface area (Å²) in [5.41, 5.74) is 2.17. The molecule has 2 aromatic carbocycles. The lowest BCUT2D eigenvalue weighted by molar-refractivity contribution is -0.150. The van der Waals surface area contributed by atoms with Crippen LogP contribution in [0.25, 0.3) is 0 Å². The summed E-state index contributed by atoms with van der Waals surface area (Å²) in [6.07, 6.45) is 0. The number of carbonyl (C=O) groups excluding carboxylic acids is 1. The van der Waals surface area contributed by atoms with Crippen LogP contribution in [0, 0.1) is 0 Å². The van der Waals surface area contributed by atoms with Crippen molar-refractivity contribution in [1.29, 1.82) is 0 Å². The molecule has 0 N–H and O–H groups in total. The van der Waals surface area contributed by atoms with Crippen LogP contribution in [0.5, 0.6) is 5.75 Å². The molecule has 1 saturated heterocycles. The number of esters is 1. The van der Waals surface area contributed by atoms with Crippen LogP contribution in [0.4, 0.5) is 5.69 Å². The van der Waals surface area contributed by atoms with Crippen molar-refractivity contribution in [3.63, 3.8) is 0 Å². The Balaban J connectivity index is 1.70. The standard InChI is InChI=1S/C21H26N2O3/c1-3-26-21(24)20(17-7-5-4-6-8-17)23-15-13-22(14-16-23)18-9-11-19(25-2)12-10-18/h4-12,20H,3,13-16H2,1-2H3/t20-/m1/s1. The predicted octanol–water partition coefficient (Wildman–Crippen LogP) is 3.12. The largest absolute Gasteiger partial charge is 0.497 e. The van der Waals surface area contributed by atoms with E-state index >= 15 is 0 Å². The summed E-state index contributed by atoms with van der Waals surface area (Å²) in [7, 11) is 1.67. The average Bonchev–Trinajstić information content (AvgIpc) is 2.70. The summed E-state index contributed by atoms with van der Waals surface area (Å²) in [5, 5.41) is 0. The summed E-state index contributed by atoms with van der Waals surface area (Å²) >= 11 is 0. The van der Waals surface area contributed by atoms with Gasteiger partial charge in [-0.25, -0.2) is 4.79 Å². The molecule has 5 nitrogen and oxygen atoms in total. The lowest BCUT2D eigenvalue weighted by Gasteiger charge is -2.39. The number of nitrogens with zero attached hydrogens (tertiary/aromatic N) is 2. The van der Waals surface area contributed by atoms with E-state index in [-0.39, 0.29) is 12.0 Å². The van der Waals surface area contributed by atoms with Crippen LogP contribution in [0.15, 0.2) is 54.6 Å². The summed E-state index contributed by atoms with van der Waals surface area (Å²) in [6.45, 7) is 5.61. The molecule has 1 atom stereocenters. The van der Waals surface area contributed by atoms with Gasteiger partial charge in [0, 0.05) is 31.9 Å². The zero-order valence-corrected chi connectivity index (χ0v) is 15.4. The molecule has 1 fully saturated rings. The quantitative estimate of drug-likeness (QED) is 0.746. The number of hydrogen-bond acceptors (Lipinski definition) is 5. The highest BCUT2D eigenvalue weighted by atomic mass is 16.5. The molecule has 0 amide bonds. The van der Waals surface area contributed by atoms with Gasteiger partial charge in [0.25, 0.3) is 0 Å². The lowest BCUT2D eigenvalue weighted by atomic mass is 10.0. The molecule has 138 valence electrons. The van der Waals surface area contributed by atoms with Gasteiger partial charge in [-0.3, -0.25) is 4.90 Å². The van der Waals surface area contributed by atoms with Gasteiger partial charge in [0.2, 0.25) is 0 Å². The molecular weight excluding hydrogens is 328 g/mol. The van der Waals surface area contributed by atoms with Gasteiger partial charge in [-0.15, -0.1) is 0 Å². The Hall–Kier alpha value is -2.53. The van der Waals surface area contributed by atoms with Crippen molar-refractivity contribution < 1.29 is 14.3 Å². The summed E-state index contributed by atoms with van der Waals surface area (Å²) < 4.78 is 10.6. The molecule has 0 spiro atoms. The van der Waals surface area contributed by atoms with Gasteiger partial charge in [0.1, 0.15) is 11.8 Å². The van der Waals surface area contributed by atoms with Gasteiger partial charge in [-0.2, -0.15) is 0 Å². The van der Waals surface area contributed by atoms with E-state index < -0.39 is 0 Å². The van der Waals surface area contributed by atoms with Gasteiger partial charge < -0.3 is 14.4 Å². The zero-order valence-electron chi connectivity index (χ0n) is 15.4. The number of benzene rings is 2. The third kappa shape index (κ3) is 4.17. The normalized spacial score (nSPS) is 16.2. The van der Waals surface area contributed by atoms with Crippen molar-refractivity contribution in [2.45, 2.75) is 13.0 Å². The van der Waals surface area contributed by atoms with Crippen LogP contribution in [0.3, 0.4) is 0 Å². The highest BCUT2D eigenvalue weighted by molar-refractivity contribution is 5.77. The third-order valence-corrected chi connectivity index (χ3v) is 4.74. The second kappa shape index (κ2) is 8.72. The number of piperazine rings is 1. The Morgan fingerprint density at radius 3 is 2.23 bits per heavy atom. The van der Waals surface area contributed by atoms with E-state index in [9.17, 15) is 4.79 Å². The minimum absolute atomic E-state index is 0.170. The van der Waals surface area contributed by atoms with Crippen molar-refractivity contribution in [3.8, 4) is 5.75 Å². The Kier molecular flexibility index (Phi) is 6.12. The van der Waals surface area contributed by atoms with E-state index in [4.69, 9.17) is 9.47 Å². The first kappa shape index (κ1) is 18.3. The van der Waals surface area contributed by atoms with E-state index in [2.05, 4.69) is 21.9 Å². The van der Waals surface area contributed by atoms with Gasteiger partial charge >= 0.3 is 5.97 Å². The molecule has 0 aliphatic carbocycles. The Labute approximate surface area is 155 Å². The molecule has 1 aliphatic heterocycles. The lowest BCUT2D eigenvalue weighted by Crippen LogP contribution is -2.49. The average molecular weight is 354 g/mol. The predicted molar refractivity (Wildman–Crippen MR) is 103 cm³/mol. The monoisotopic (exact) mass is 354 g/mol. The number of anilines is 1. The minimum atomic E-state index is -0.339. The first-order chi connectivity index (χ1) is 12.7. The molecule has 3 rings (SSSR count). The van der Waals surface area contributed by atoms with Crippen molar-refractivity contribution in [1.82, 2.24) is 4.90 Å². The number of hydrogen-bond donors (Lipinski definition) is 0. The molecule has 0 radical (unpaired) electrons. The first-order valence-electron chi connectivity index (χ1n) is 9.07. The van der Waals surface area contributed by atoms with Gasteiger partial charge in [0.05, 0.1) is 13.7 Å². The van der Waals surface area contributed by atoms with E-state index in [0.717, 1.165) is 37.5 Å². The highest BCUT2D eigenvalue weighted by Crippen LogP contribution is 2.26. The molecule has 0 saturated carbocycles. The van der Waals surface area contributed by atoms with Crippen LogP contribution in [0.2, 0.25) is 0 Å². The van der Waals surface area contributed by atoms with E-state index in [0.29, 0.717) is 6.61 Å². The molecule has 26 heavy (non-hydrogen) atoms. The van der Waals surface area contributed by atoms with Gasteiger partial charge in [-0.05, 0) is 36.8 Å². The summed E-state index contributed by atoms with van der Waals surface area (Å²) in [4.78, 5) is 17.1. The van der Waals surface area contributed by atoms with Gasteiger partial charge in [-0.1, -0.05) is 30.3 Å². The van der Waals surface area contributed by atoms with Gasteiger partial charge in [0.15, 0.2) is 0 Å². The van der Waals surface area contributed by atoms with Crippen LogP contribution in [-0.2, 0) is 9.53 Å². The Morgan fingerprint density at radius 1 is 1.00 bits per heavy atom. The maximum Gasteiger partial charge on any atom is 0.328 e. The maximum absolute atomic E-state index is 12.6. The van der Waals surface area contributed by atoms with E-state index in [1.165, 1.54) is 5.69 Å². The fourth-order valence-corrected chi connectivity index (χ4v) is 3.38. The topological polar surface area (TPSA) is 42.0 Å². The second-order valence-electron chi connectivity index (χ2n) is 6.29. The summed E-state index contributed by atoms with van der Waals surface area (Å²) in [5.74, 6) is 0.690. The zero-order chi connectivity index (χ0) is 18.4. The minimum Gasteiger partial charge on any atom is -0.497 e. The Bertz CT molecular complexity index is 695. The van der Waals surface area contributed by atoms with Crippen LogP contribution in [0.1, 0.15) is 18.5 Å². The third-order valence-electron chi connectivity index (χ3n) is 4.74. The first-order valence-corrected chi connectivity index (χ1v) is 9.07. The molecular formula is C21H26N2O3. The SMILES string of the molecule is CCOC(=O)[C@@H](c1ccccc1)N1CCN(c2ccc(OC)cc2)CC1. The van der Waals surface area contributed by atoms with E-state index in [1.807, 2.05) is 49.4 Å². The van der Waals surface area contributed by atoms with Crippen molar-refractivity contribution in [2.75, 3.05) is 44.8 Å². The molecule has 5 heteroatoms. The molecule has 1 aliphatic rings. The smallest absolute Gasteiger partial charge is 0.328 e. The fourth-order valence-electron chi connectivity index (χ4n) is 3.38. The molecule has 1 heterocycles. The number of ether oxygens (including phenoxy) is 2. The van der Waals surface area contributed by atoms with Crippen LogP contribution < -0.4 is 9.64 Å². The van der Waals surface area contributed by atoms with Crippen LogP contribution >= 0.6 is 0 Å². The molecule has 0 aromatic heterocycles. The number of carbonyl (C=O) groups is 1. The maximum atomic E-state index is 12.6. The second-order valence-corrected chi connectivity index (χ2v) is 6.29. The van der Waals surface area contributed by atoms with E-state index in [1.54, 1.807) is 7.11 Å². The van der Waals surface area contributed by atoms with Crippen molar-refractivity contribution >= 4 is 11.7 Å². The Morgan fingerprint density at radius 2 is 1.65 bits per heavy atom. The number of methoxy groups -OCH3 is 1. The summed E-state index contributed by atoms with van der Waals surface area (Å²) in [6, 6.07) is 17.7. The van der Waals surface area contributed by atoms with Crippen molar-refractivity contribution in [3.05, 3.63) is 60.2 Å². The molecule has 2 aromatic rings. The van der Waals surface area contributed by atoms with Crippen LogP contribution in [-0.4, -0.2) is 50.8 Å². The molecule has 0 unspecified atom stereocenters.